The maximum Gasteiger partial charge on any atom is 0.314 e. The molecular formula is C11H21N3O5S. The van der Waals surface area contributed by atoms with E-state index in [-0.39, 0.29) is 19.6 Å². The molecule has 2 amide bonds. The number of carboxylic acid groups (broad SMARTS) is 1. The minimum atomic E-state index is -3.27. The Kier molecular flexibility index (Phi) is 5.75. The van der Waals surface area contributed by atoms with Gasteiger partial charge in [-0.3, -0.25) is 4.79 Å². The Balaban J connectivity index is 2.27. The van der Waals surface area contributed by atoms with Gasteiger partial charge in [-0.25, -0.2) is 17.9 Å². The summed E-state index contributed by atoms with van der Waals surface area (Å²) < 4.78 is 23.8. The fourth-order valence-corrected chi connectivity index (χ4v) is 2.72. The minimum absolute atomic E-state index is 0.0909. The highest BCUT2D eigenvalue weighted by molar-refractivity contribution is 7.88. The number of aliphatic carboxylic acids is 1. The molecule has 1 aliphatic rings. The quantitative estimate of drug-likeness (QED) is 0.471. The normalized spacial score (nSPS) is 17.6. The Bertz CT molecular complexity index is 457. The smallest absolute Gasteiger partial charge is 0.314 e. The molecule has 0 spiro atoms. The molecule has 116 valence electrons. The van der Waals surface area contributed by atoms with Crippen LogP contribution in [-0.4, -0.2) is 51.4 Å². The highest BCUT2D eigenvalue weighted by Crippen LogP contribution is 2.37. The van der Waals surface area contributed by atoms with E-state index >= 15 is 0 Å². The van der Waals surface area contributed by atoms with Crippen molar-refractivity contribution in [2.45, 2.75) is 25.7 Å². The van der Waals surface area contributed by atoms with Gasteiger partial charge in [-0.15, -0.1) is 0 Å². The van der Waals surface area contributed by atoms with Crippen LogP contribution in [0.1, 0.15) is 25.7 Å². The Labute approximate surface area is 118 Å². The van der Waals surface area contributed by atoms with E-state index in [2.05, 4.69) is 15.4 Å². The van der Waals surface area contributed by atoms with E-state index in [1.807, 2.05) is 0 Å². The summed E-state index contributed by atoms with van der Waals surface area (Å²) >= 11 is 0. The molecule has 0 aromatic heterocycles. The van der Waals surface area contributed by atoms with Crippen molar-refractivity contribution in [3.8, 4) is 0 Å². The van der Waals surface area contributed by atoms with E-state index in [0.29, 0.717) is 12.8 Å². The summed E-state index contributed by atoms with van der Waals surface area (Å²) in [5.41, 5.74) is -0.859. The molecule has 0 aliphatic heterocycles. The topological polar surface area (TPSA) is 125 Å². The number of amides is 2. The van der Waals surface area contributed by atoms with E-state index in [1.165, 1.54) is 0 Å². The second-order valence-corrected chi connectivity index (χ2v) is 6.90. The fourth-order valence-electron chi connectivity index (χ4n) is 2.24. The number of rotatable bonds is 7. The van der Waals surface area contributed by atoms with E-state index < -0.39 is 27.4 Å². The molecule has 1 fully saturated rings. The molecule has 8 nitrogen and oxygen atoms in total. The predicted octanol–water partition coefficient (Wildman–Crippen LogP) is -0.520. The van der Waals surface area contributed by atoms with Crippen molar-refractivity contribution in [2.24, 2.45) is 5.41 Å². The SMILES string of the molecule is CS(=O)(=O)NCCNC(=O)NCC1(C(=O)O)CCCC1. The van der Waals surface area contributed by atoms with Gasteiger partial charge in [-0.05, 0) is 12.8 Å². The minimum Gasteiger partial charge on any atom is -0.481 e. The summed E-state index contributed by atoms with van der Waals surface area (Å²) in [6, 6.07) is -0.493. The van der Waals surface area contributed by atoms with Gasteiger partial charge in [0.2, 0.25) is 10.0 Å². The van der Waals surface area contributed by atoms with Crippen LogP contribution in [0.15, 0.2) is 0 Å². The van der Waals surface area contributed by atoms with Crippen LogP contribution in [0.25, 0.3) is 0 Å². The first-order valence-electron chi connectivity index (χ1n) is 6.45. The lowest BCUT2D eigenvalue weighted by Gasteiger charge is -2.24. The molecule has 0 atom stereocenters. The fraction of sp³-hybridized carbons (Fsp3) is 0.818. The van der Waals surface area contributed by atoms with Gasteiger partial charge in [-0.1, -0.05) is 12.8 Å². The van der Waals surface area contributed by atoms with E-state index in [9.17, 15) is 23.1 Å². The monoisotopic (exact) mass is 307 g/mol. The average Bonchev–Trinajstić information content (AvgIpc) is 2.81. The summed E-state index contributed by atoms with van der Waals surface area (Å²) in [5, 5.41) is 14.2. The molecule has 0 radical (unpaired) electrons. The lowest BCUT2D eigenvalue weighted by molar-refractivity contribution is -0.148. The zero-order chi connectivity index (χ0) is 15.2. The molecular weight excluding hydrogens is 286 g/mol. The molecule has 4 N–H and O–H groups in total. The Morgan fingerprint density at radius 3 is 2.25 bits per heavy atom. The average molecular weight is 307 g/mol. The Morgan fingerprint density at radius 2 is 1.75 bits per heavy atom. The summed E-state index contributed by atoms with van der Waals surface area (Å²) in [6.07, 6.45) is 3.88. The molecule has 9 heteroatoms. The number of sulfonamides is 1. The van der Waals surface area contributed by atoms with Gasteiger partial charge in [0, 0.05) is 19.6 Å². The van der Waals surface area contributed by atoms with E-state index in [1.54, 1.807) is 0 Å². The summed E-state index contributed by atoms with van der Waals surface area (Å²) in [5.74, 6) is -0.881. The lowest BCUT2D eigenvalue weighted by Crippen LogP contribution is -2.46. The van der Waals surface area contributed by atoms with Crippen molar-refractivity contribution in [1.29, 1.82) is 0 Å². The van der Waals surface area contributed by atoms with Crippen LogP contribution in [-0.2, 0) is 14.8 Å². The third kappa shape index (κ3) is 5.33. The second-order valence-electron chi connectivity index (χ2n) is 5.07. The molecule has 0 unspecified atom stereocenters. The van der Waals surface area contributed by atoms with Crippen molar-refractivity contribution in [1.82, 2.24) is 15.4 Å². The first kappa shape index (κ1) is 16.7. The van der Waals surface area contributed by atoms with Gasteiger partial charge in [0.1, 0.15) is 0 Å². The van der Waals surface area contributed by atoms with Gasteiger partial charge < -0.3 is 15.7 Å². The Hall–Kier alpha value is -1.35. The van der Waals surface area contributed by atoms with Crippen molar-refractivity contribution >= 4 is 22.0 Å². The Morgan fingerprint density at radius 1 is 1.15 bits per heavy atom. The third-order valence-corrected chi connectivity index (χ3v) is 4.10. The van der Waals surface area contributed by atoms with E-state index in [4.69, 9.17) is 0 Å². The molecule has 20 heavy (non-hydrogen) atoms. The number of carboxylic acids is 1. The summed E-state index contributed by atoms with van der Waals surface area (Å²) in [6.45, 7) is 0.322. The summed E-state index contributed by atoms with van der Waals surface area (Å²) in [7, 11) is -3.27. The summed E-state index contributed by atoms with van der Waals surface area (Å²) in [4.78, 5) is 22.8. The molecule has 0 bridgehead atoms. The number of urea groups is 1. The maximum atomic E-state index is 11.5. The van der Waals surface area contributed by atoms with Crippen molar-refractivity contribution in [3.05, 3.63) is 0 Å². The molecule has 1 saturated carbocycles. The first-order chi connectivity index (χ1) is 9.25. The highest BCUT2D eigenvalue weighted by Gasteiger charge is 2.41. The van der Waals surface area contributed by atoms with Crippen LogP contribution in [0.3, 0.4) is 0 Å². The van der Waals surface area contributed by atoms with Gasteiger partial charge in [0.25, 0.3) is 0 Å². The molecule has 0 saturated heterocycles. The number of hydrogen-bond acceptors (Lipinski definition) is 4. The van der Waals surface area contributed by atoms with Crippen molar-refractivity contribution < 1.29 is 23.1 Å². The van der Waals surface area contributed by atoms with Crippen LogP contribution >= 0.6 is 0 Å². The van der Waals surface area contributed by atoms with Gasteiger partial charge in [-0.2, -0.15) is 0 Å². The third-order valence-electron chi connectivity index (χ3n) is 3.38. The van der Waals surface area contributed by atoms with Crippen LogP contribution in [0.4, 0.5) is 4.79 Å². The molecule has 0 aromatic carbocycles. The predicted molar refractivity (Wildman–Crippen MR) is 72.8 cm³/mol. The molecule has 1 aliphatic carbocycles. The molecule has 0 heterocycles. The van der Waals surface area contributed by atoms with Crippen LogP contribution < -0.4 is 15.4 Å². The van der Waals surface area contributed by atoms with Gasteiger partial charge in [0.15, 0.2) is 0 Å². The first-order valence-corrected chi connectivity index (χ1v) is 8.34. The van der Waals surface area contributed by atoms with Crippen LogP contribution in [0, 0.1) is 5.41 Å². The van der Waals surface area contributed by atoms with Crippen LogP contribution in [0.2, 0.25) is 0 Å². The number of hydrogen-bond donors (Lipinski definition) is 4. The number of nitrogens with one attached hydrogen (secondary N) is 3. The highest BCUT2D eigenvalue weighted by atomic mass is 32.2. The van der Waals surface area contributed by atoms with Crippen molar-refractivity contribution in [3.63, 3.8) is 0 Å². The molecule has 1 rings (SSSR count). The van der Waals surface area contributed by atoms with Crippen molar-refractivity contribution in [2.75, 3.05) is 25.9 Å². The van der Waals surface area contributed by atoms with Crippen LogP contribution in [0.5, 0.6) is 0 Å². The zero-order valence-corrected chi connectivity index (χ0v) is 12.3. The number of carbonyl (C=O) groups excluding carboxylic acids is 1. The zero-order valence-electron chi connectivity index (χ0n) is 11.4. The lowest BCUT2D eigenvalue weighted by atomic mass is 9.86. The maximum absolute atomic E-state index is 11.5. The van der Waals surface area contributed by atoms with Gasteiger partial charge in [0.05, 0.1) is 11.7 Å². The largest absolute Gasteiger partial charge is 0.481 e. The second kappa shape index (κ2) is 6.89. The van der Waals surface area contributed by atoms with E-state index in [0.717, 1.165) is 19.1 Å². The van der Waals surface area contributed by atoms with Gasteiger partial charge >= 0.3 is 12.0 Å². The molecule has 0 aromatic rings. The standard InChI is InChI=1S/C11H21N3O5S/c1-20(18,19)14-7-6-12-10(17)13-8-11(9(15)16)4-2-3-5-11/h14H,2-8H2,1H3,(H,15,16)(H2,12,13,17). The number of carbonyl (C=O) groups is 2.